The molecular weight excluding hydrogens is 197 g/mol. The molecule has 2 aromatic heterocycles. The molecule has 0 spiro atoms. The summed E-state index contributed by atoms with van der Waals surface area (Å²) in [6.07, 6.45) is 3.64. The van der Waals surface area contributed by atoms with Crippen LogP contribution in [0.4, 0.5) is 4.39 Å². The van der Waals surface area contributed by atoms with Crippen LogP contribution in [-0.4, -0.2) is 4.98 Å². The number of hydrogen-bond acceptors (Lipinski definition) is 3. The van der Waals surface area contributed by atoms with Crippen molar-refractivity contribution in [2.45, 2.75) is 18.5 Å². The predicted octanol–water partition coefficient (Wildman–Crippen LogP) is 2.15. The SMILES string of the molecule is O=c1ccoc2c(C3(F)CC3)nccc12. The lowest BCUT2D eigenvalue weighted by Crippen LogP contribution is -2.06. The normalized spacial score (nSPS) is 17.9. The zero-order chi connectivity index (χ0) is 10.5. The van der Waals surface area contributed by atoms with Crippen LogP contribution in [0.25, 0.3) is 11.0 Å². The van der Waals surface area contributed by atoms with E-state index in [0.29, 0.717) is 18.2 Å². The van der Waals surface area contributed by atoms with Gasteiger partial charge in [-0.05, 0) is 18.9 Å². The van der Waals surface area contributed by atoms with E-state index in [1.807, 2.05) is 0 Å². The van der Waals surface area contributed by atoms with Crippen LogP contribution < -0.4 is 5.43 Å². The standard InChI is InChI=1S/C11H8FNO2/c12-11(3-4-11)10-9-7(1-5-13-10)8(14)2-6-15-9/h1-2,5-6H,3-4H2. The lowest BCUT2D eigenvalue weighted by atomic mass is 10.1. The Kier molecular flexibility index (Phi) is 1.52. The summed E-state index contributed by atoms with van der Waals surface area (Å²) in [6, 6.07) is 2.88. The van der Waals surface area contributed by atoms with Gasteiger partial charge in [-0.15, -0.1) is 0 Å². The molecule has 1 aliphatic rings. The summed E-state index contributed by atoms with van der Waals surface area (Å²) in [5.41, 5.74) is -0.997. The van der Waals surface area contributed by atoms with Crippen molar-refractivity contribution < 1.29 is 8.81 Å². The molecule has 0 radical (unpaired) electrons. The quantitative estimate of drug-likeness (QED) is 0.716. The summed E-state index contributed by atoms with van der Waals surface area (Å²) in [4.78, 5) is 15.4. The Labute approximate surface area is 84.6 Å². The molecule has 0 aliphatic heterocycles. The van der Waals surface area contributed by atoms with E-state index in [1.165, 1.54) is 18.5 Å². The molecule has 0 bridgehead atoms. The van der Waals surface area contributed by atoms with Crippen LogP contribution in [0.3, 0.4) is 0 Å². The number of fused-ring (bicyclic) bond motifs is 1. The Morgan fingerprint density at radius 2 is 2.20 bits per heavy atom. The highest BCUT2D eigenvalue weighted by molar-refractivity contribution is 5.79. The van der Waals surface area contributed by atoms with Crippen molar-refractivity contribution in [3.63, 3.8) is 0 Å². The summed E-state index contributed by atoms with van der Waals surface area (Å²) in [5, 5.41) is 0.395. The summed E-state index contributed by atoms with van der Waals surface area (Å²) in [7, 11) is 0. The smallest absolute Gasteiger partial charge is 0.192 e. The molecule has 0 aromatic carbocycles. The predicted molar refractivity (Wildman–Crippen MR) is 52.3 cm³/mol. The molecular formula is C11H8FNO2. The third kappa shape index (κ3) is 1.17. The summed E-state index contributed by atoms with van der Waals surface area (Å²) >= 11 is 0. The maximum absolute atomic E-state index is 13.9. The lowest BCUT2D eigenvalue weighted by Gasteiger charge is -2.05. The molecule has 0 N–H and O–H groups in total. The van der Waals surface area contributed by atoms with Crippen LogP contribution in [0.5, 0.6) is 0 Å². The van der Waals surface area contributed by atoms with Gasteiger partial charge in [0.05, 0.1) is 11.6 Å². The molecule has 2 aromatic rings. The van der Waals surface area contributed by atoms with Crippen LogP contribution in [0.15, 0.2) is 33.8 Å². The Balaban J connectivity index is 2.41. The van der Waals surface area contributed by atoms with E-state index in [0.717, 1.165) is 0 Å². The van der Waals surface area contributed by atoms with Gasteiger partial charge in [0.15, 0.2) is 16.7 Å². The van der Waals surface area contributed by atoms with Crippen molar-refractivity contribution in [1.29, 1.82) is 0 Å². The molecule has 15 heavy (non-hydrogen) atoms. The van der Waals surface area contributed by atoms with Crippen molar-refractivity contribution in [2.75, 3.05) is 0 Å². The van der Waals surface area contributed by atoms with E-state index >= 15 is 0 Å². The maximum Gasteiger partial charge on any atom is 0.192 e. The van der Waals surface area contributed by atoms with Gasteiger partial charge >= 0.3 is 0 Å². The van der Waals surface area contributed by atoms with Gasteiger partial charge in [0, 0.05) is 12.3 Å². The fourth-order valence-corrected chi connectivity index (χ4v) is 1.68. The van der Waals surface area contributed by atoms with E-state index < -0.39 is 5.67 Å². The van der Waals surface area contributed by atoms with Crippen molar-refractivity contribution in [1.82, 2.24) is 4.98 Å². The molecule has 0 unspecified atom stereocenters. The summed E-state index contributed by atoms with van der Waals surface area (Å²) in [6.45, 7) is 0. The Bertz CT molecular complexity index is 586. The molecule has 0 atom stereocenters. The zero-order valence-electron chi connectivity index (χ0n) is 7.87. The third-order valence-electron chi connectivity index (χ3n) is 2.69. The number of rotatable bonds is 1. The molecule has 1 saturated carbocycles. The van der Waals surface area contributed by atoms with E-state index in [-0.39, 0.29) is 16.7 Å². The van der Waals surface area contributed by atoms with Crippen LogP contribution >= 0.6 is 0 Å². The lowest BCUT2D eigenvalue weighted by molar-refractivity contribution is 0.308. The maximum atomic E-state index is 13.9. The van der Waals surface area contributed by atoms with Crippen LogP contribution in [0, 0.1) is 0 Å². The van der Waals surface area contributed by atoms with Gasteiger partial charge in [0.1, 0.15) is 5.69 Å². The molecule has 1 fully saturated rings. The molecule has 2 heterocycles. The van der Waals surface area contributed by atoms with E-state index in [2.05, 4.69) is 4.98 Å². The molecule has 3 nitrogen and oxygen atoms in total. The van der Waals surface area contributed by atoms with Crippen LogP contribution in [0.2, 0.25) is 0 Å². The average molecular weight is 205 g/mol. The third-order valence-corrected chi connectivity index (χ3v) is 2.69. The summed E-state index contributed by atoms with van der Waals surface area (Å²) in [5.74, 6) is 0. The van der Waals surface area contributed by atoms with Crippen LogP contribution in [0.1, 0.15) is 18.5 Å². The average Bonchev–Trinajstić information content (AvgIpc) is 2.98. The monoisotopic (exact) mass is 205 g/mol. The number of alkyl halides is 1. The molecule has 4 heteroatoms. The first-order chi connectivity index (χ1) is 7.21. The number of nitrogens with zero attached hydrogens (tertiary/aromatic N) is 1. The van der Waals surface area contributed by atoms with Crippen molar-refractivity contribution in [3.05, 3.63) is 40.5 Å². The Hall–Kier alpha value is -1.71. The van der Waals surface area contributed by atoms with E-state index in [9.17, 15) is 9.18 Å². The number of pyridine rings is 1. The number of halogens is 1. The Morgan fingerprint density at radius 1 is 1.40 bits per heavy atom. The largest absolute Gasteiger partial charge is 0.462 e. The molecule has 1 aliphatic carbocycles. The van der Waals surface area contributed by atoms with Gasteiger partial charge in [-0.25, -0.2) is 4.39 Å². The highest BCUT2D eigenvalue weighted by atomic mass is 19.1. The Morgan fingerprint density at radius 3 is 2.93 bits per heavy atom. The van der Waals surface area contributed by atoms with Crippen molar-refractivity contribution >= 4 is 11.0 Å². The number of aromatic nitrogens is 1. The highest BCUT2D eigenvalue weighted by Gasteiger charge is 2.48. The minimum Gasteiger partial charge on any atom is -0.462 e. The second-order valence-corrected chi connectivity index (χ2v) is 3.79. The van der Waals surface area contributed by atoms with Gasteiger partial charge in [0.25, 0.3) is 0 Å². The highest BCUT2D eigenvalue weighted by Crippen LogP contribution is 2.50. The van der Waals surface area contributed by atoms with Crippen molar-refractivity contribution in [3.8, 4) is 0 Å². The molecule has 76 valence electrons. The van der Waals surface area contributed by atoms with Gasteiger partial charge in [-0.2, -0.15) is 0 Å². The second-order valence-electron chi connectivity index (χ2n) is 3.79. The van der Waals surface area contributed by atoms with E-state index in [4.69, 9.17) is 4.42 Å². The minimum absolute atomic E-state index is 0.163. The first kappa shape index (κ1) is 8.59. The first-order valence-electron chi connectivity index (χ1n) is 4.77. The van der Waals surface area contributed by atoms with Crippen molar-refractivity contribution in [2.24, 2.45) is 0 Å². The van der Waals surface area contributed by atoms with Gasteiger partial charge in [-0.1, -0.05) is 0 Å². The fourth-order valence-electron chi connectivity index (χ4n) is 1.68. The van der Waals surface area contributed by atoms with Gasteiger partial charge < -0.3 is 4.42 Å². The second kappa shape index (κ2) is 2.66. The van der Waals surface area contributed by atoms with Gasteiger partial charge in [0.2, 0.25) is 0 Å². The van der Waals surface area contributed by atoms with Crippen LogP contribution in [-0.2, 0) is 5.67 Å². The summed E-state index contributed by atoms with van der Waals surface area (Å²) < 4.78 is 19.1. The fraction of sp³-hybridized carbons (Fsp3) is 0.273. The molecule has 0 saturated heterocycles. The minimum atomic E-state index is -1.38. The first-order valence-corrected chi connectivity index (χ1v) is 4.77. The molecule has 0 amide bonds. The topological polar surface area (TPSA) is 43.1 Å². The van der Waals surface area contributed by atoms with E-state index in [1.54, 1.807) is 6.07 Å². The van der Waals surface area contributed by atoms with Gasteiger partial charge in [-0.3, -0.25) is 9.78 Å². The molecule has 3 rings (SSSR count). The number of hydrogen-bond donors (Lipinski definition) is 0. The zero-order valence-corrected chi connectivity index (χ0v) is 7.87.